The normalized spacial score (nSPS) is 44.8. The van der Waals surface area contributed by atoms with E-state index in [0.717, 1.165) is 37.7 Å². The number of carbonyl (C=O) groups excluding carboxylic acids is 1. The first-order valence-corrected chi connectivity index (χ1v) is 11.8. The molecule has 0 heterocycles. The molecule has 1 aromatic carbocycles. The van der Waals surface area contributed by atoms with Crippen molar-refractivity contribution in [1.29, 1.82) is 0 Å². The van der Waals surface area contributed by atoms with Gasteiger partial charge in [0.2, 0.25) is 0 Å². The zero-order valence-corrected chi connectivity index (χ0v) is 18.6. The Labute approximate surface area is 180 Å². The maximum Gasteiger partial charge on any atom is 0.338 e. The van der Waals surface area contributed by atoms with E-state index in [2.05, 4.69) is 20.4 Å². The number of hydrogen-bond donors (Lipinski definition) is 1. The fourth-order valence-corrected chi connectivity index (χ4v) is 8.55. The standard InChI is InChI=1S/C27H36O3/c1-19-16-26-14-10-21-24(2,18-30-23(28)20-8-5-4-6-9-20)12-7-13-25(21,3)22(26)11-15-27(19,29)17-26/h4-6,8-9,21-22,29H,1,7,10-18H2,2-3H3/t21-,22+,24-,25-,26-,27+/m0/s1. The van der Waals surface area contributed by atoms with Crippen molar-refractivity contribution in [2.45, 2.75) is 77.2 Å². The number of carbonyl (C=O) groups is 1. The zero-order chi connectivity index (χ0) is 21.2. The predicted molar refractivity (Wildman–Crippen MR) is 118 cm³/mol. The molecule has 162 valence electrons. The van der Waals surface area contributed by atoms with Crippen molar-refractivity contribution in [3.63, 3.8) is 0 Å². The fraction of sp³-hybridized carbons (Fsp3) is 0.667. The highest BCUT2D eigenvalue weighted by Crippen LogP contribution is 2.72. The van der Waals surface area contributed by atoms with Gasteiger partial charge in [-0.05, 0) is 91.7 Å². The first-order chi connectivity index (χ1) is 14.2. The molecule has 4 fully saturated rings. The van der Waals surface area contributed by atoms with Crippen molar-refractivity contribution < 1.29 is 14.6 Å². The minimum atomic E-state index is -0.608. The van der Waals surface area contributed by atoms with Crippen LogP contribution in [-0.4, -0.2) is 23.3 Å². The number of esters is 1. The van der Waals surface area contributed by atoms with Crippen molar-refractivity contribution in [3.05, 3.63) is 48.0 Å². The minimum Gasteiger partial charge on any atom is -0.462 e. The molecule has 0 saturated heterocycles. The van der Waals surface area contributed by atoms with Gasteiger partial charge in [-0.25, -0.2) is 4.79 Å². The number of ether oxygens (including phenoxy) is 1. The molecule has 1 aromatic rings. The minimum absolute atomic E-state index is 0.0302. The third-order valence-corrected chi connectivity index (χ3v) is 9.82. The van der Waals surface area contributed by atoms with Crippen LogP contribution >= 0.6 is 0 Å². The Balaban J connectivity index is 1.38. The lowest BCUT2D eigenvalue weighted by Gasteiger charge is -2.64. The van der Waals surface area contributed by atoms with Crippen LogP contribution in [0, 0.1) is 28.1 Å². The van der Waals surface area contributed by atoms with Crippen LogP contribution < -0.4 is 0 Å². The summed E-state index contributed by atoms with van der Waals surface area (Å²) in [6.07, 6.45) is 9.87. The van der Waals surface area contributed by atoms with Crippen LogP contribution in [0.4, 0.5) is 0 Å². The summed E-state index contributed by atoms with van der Waals surface area (Å²) in [7, 11) is 0. The number of aliphatic hydroxyl groups is 1. The third kappa shape index (κ3) is 2.84. The highest BCUT2D eigenvalue weighted by atomic mass is 16.5. The molecular weight excluding hydrogens is 372 g/mol. The predicted octanol–water partition coefficient (Wildman–Crippen LogP) is 5.93. The van der Waals surface area contributed by atoms with E-state index in [9.17, 15) is 9.90 Å². The number of rotatable bonds is 3. The Kier molecular flexibility index (Phi) is 4.53. The maximum absolute atomic E-state index is 12.6. The summed E-state index contributed by atoms with van der Waals surface area (Å²) in [6.45, 7) is 9.67. The van der Waals surface area contributed by atoms with Crippen LogP contribution in [0.3, 0.4) is 0 Å². The molecule has 0 unspecified atom stereocenters. The second kappa shape index (κ2) is 6.69. The molecule has 4 aliphatic carbocycles. The highest BCUT2D eigenvalue weighted by Gasteiger charge is 2.66. The zero-order valence-electron chi connectivity index (χ0n) is 18.6. The Hall–Kier alpha value is -1.61. The second-order valence-electron chi connectivity index (χ2n) is 11.5. The summed E-state index contributed by atoms with van der Waals surface area (Å²) < 4.78 is 5.90. The van der Waals surface area contributed by atoms with Gasteiger partial charge in [-0.3, -0.25) is 0 Å². The van der Waals surface area contributed by atoms with Crippen molar-refractivity contribution >= 4 is 5.97 Å². The van der Waals surface area contributed by atoms with Crippen LogP contribution in [0.15, 0.2) is 42.5 Å². The van der Waals surface area contributed by atoms with Gasteiger partial charge in [0.05, 0.1) is 17.8 Å². The van der Waals surface area contributed by atoms with Crippen molar-refractivity contribution in [1.82, 2.24) is 0 Å². The maximum atomic E-state index is 12.6. The summed E-state index contributed by atoms with van der Waals surface area (Å²) >= 11 is 0. The Morgan fingerprint density at radius 1 is 1.10 bits per heavy atom. The van der Waals surface area contributed by atoms with E-state index >= 15 is 0 Å². The molecule has 2 bridgehead atoms. The molecule has 0 aliphatic heterocycles. The lowest BCUT2D eigenvalue weighted by Crippen LogP contribution is -2.58. The third-order valence-electron chi connectivity index (χ3n) is 9.82. The van der Waals surface area contributed by atoms with Crippen LogP contribution in [-0.2, 0) is 4.74 Å². The molecule has 3 heteroatoms. The van der Waals surface area contributed by atoms with Gasteiger partial charge in [-0.2, -0.15) is 0 Å². The van der Waals surface area contributed by atoms with E-state index in [1.54, 1.807) is 0 Å². The number of fused-ring (bicyclic) bond motifs is 3. The van der Waals surface area contributed by atoms with Crippen molar-refractivity contribution in [2.24, 2.45) is 28.1 Å². The summed E-state index contributed by atoms with van der Waals surface area (Å²) in [5.41, 5.74) is 1.65. The average Bonchev–Trinajstić information content (AvgIpc) is 2.90. The molecule has 3 nitrogen and oxygen atoms in total. The molecule has 0 amide bonds. The molecule has 4 aliphatic rings. The van der Waals surface area contributed by atoms with Crippen molar-refractivity contribution in [3.8, 4) is 0 Å². The van der Waals surface area contributed by atoms with Crippen LogP contribution in [0.25, 0.3) is 0 Å². The lowest BCUT2D eigenvalue weighted by atomic mass is 9.41. The Bertz CT molecular complexity index is 862. The van der Waals surface area contributed by atoms with Crippen LogP contribution in [0.2, 0.25) is 0 Å². The molecule has 1 spiro atoms. The summed E-state index contributed by atoms with van der Waals surface area (Å²) in [4.78, 5) is 12.6. The van der Waals surface area contributed by atoms with Gasteiger partial charge in [0.1, 0.15) is 0 Å². The van der Waals surface area contributed by atoms with Crippen molar-refractivity contribution in [2.75, 3.05) is 6.61 Å². The number of hydrogen-bond acceptors (Lipinski definition) is 3. The van der Waals surface area contributed by atoms with Gasteiger partial charge in [0.25, 0.3) is 0 Å². The highest BCUT2D eigenvalue weighted by molar-refractivity contribution is 5.89. The smallest absolute Gasteiger partial charge is 0.338 e. The van der Waals surface area contributed by atoms with E-state index in [1.165, 1.54) is 25.7 Å². The first kappa shape index (κ1) is 20.3. The monoisotopic (exact) mass is 408 g/mol. The van der Waals surface area contributed by atoms with Crippen LogP contribution in [0.1, 0.15) is 82.0 Å². The molecule has 1 N–H and O–H groups in total. The quantitative estimate of drug-likeness (QED) is 0.498. The van der Waals surface area contributed by atoms with E-state index in [1.807, 2.05) is 30.3 Å². The molecule has 30 heavy (non-hydrogen) atoms. The van der Waals surface area contributed by atoms with Gasteiger partial charge in [-0.15, -0.1) is 0 Å². The van der Waals surface area contributed by atoms with E-state index < -0.39 is 5.60 Å². The topological polar surface area (TPSA) is 46.5 Å². The Morgan fingerprint density at radius 2 is 1.83 bits per heavy atom. The second-order valence-corrected chi connectivity index (χ2v) is 11.5. The largest absolute Gasteiger partial charge is 0.462 e. The molecule has 0 aromatic heterocycles. The Morgan fingerprint density at radius 3 is 2.60 bits per heavy atom. The van der Waals surface area contributed by atoms with Crippen LogP contribution in [0.5, 0.6) is 0 Å². The summed E-state index contributed by atoms with van der Waals surface area (Å²) in [5.74, 6) is 1.01. The summed E-state index contributed by atoms with van der Waals surface area (Å²) in [5, 5.41) is 11.1. The molecular formula is C27H36O3. The lowest BCUT2D eigenvalue weighted by molar-refractivity contribution is -0.171. The van der Waals surface area contributed by atoms with Gasteiger partial charge in [-0.1, -0.05) is 45.0 Å². The molecule has 0 radical (unpaired) electrons. The van der Waals surface area contributed by atoms with E-state index in [0.29, 0.717) is 24.0 Å². The molecule has 4 saturated carbocycles. The molecule has 6 atom stereocenters. The molecule has 5 rings (SSSR count). The van der Waals surface area contributed by atoms with Gasteiger partial charge in [0.15, 0.2) is 0 Å². The SMILES string of the molecule is C=C1C[C@]23CC[C@H]4[C@](C)(COC(=O)c5ccccc5)CCC[C@]4(C)[C@H]2CC[C@@]1(O)C3. The fourth-order valence-electron chi connectivity index (χ4n) is 8.55. The average molecular weight is 409 g/mol. The van der Waals surface area contributed by atoms with Gasteiger partial charge >= 0.3 is 5.97 Å². The number of benzene rings is 1. The van der Waals surface area contributed by atoms with E-state index in [-0.39, 0.29) is 22.2 Å². The van der Waals surface area contributed by atoms with Gasteiger partial charge < -0.3 is 9.84 Å². The van der Waals surface area contributed by atoms with Gasteiger partial charge in [0, 0.05) is 5.41 Å². The van der Waals surface area contributed by atoms with E-state index in [4.69, 9.17) is 4.74 Å². The summed E-state index contributed by atoms with van der Waals surface area (Å²) in [6, 6.07) is 9.35. The first-order valence-electron chi connectivity index (χ1n) is 11.8.